The highest BCUT2D eigenvalue weighted by molar-refractivity contribution is 9.10. The van der Waals surface area contributed by atoms with Crippen LogP contribution in [0.3, 0.4) is 0 Å². The van der Waals surface area contributed by atoms with Crippen molar-refractivity contribution in [2.45, 2.75) is 6.61 Å². The number of rotatable bonds is 4. The zero-order valence-corrected chi connectivity index (χ0v) is 14.2. The minimum absolute atomic E-state index is 0.150. The molecule has 24 heavy (non-hydrogen) atoms. The molecule has 0 aliphatic carbocycles. The maximum absolute atomic E-state index is 14.3. The molecule has 0 amide bonds. The van der Waals surface area contributed by atoms with E-state index >= 15 is 0 Å². The second-order valence-electron chi connectivity index (χ2n) is 5.12. The molecule has 1 heterocycles. The van der Waals surface area contributed by atoms with Crippen molar-refractivity contribution in [2.75, 3.05) is 0 Å². The largest absolute Gasteiger partial charge is 0.457 e. The molecule has 0 spiro atoms. The molecule has 0 unspecified atom stereocenters. The average molecular weight is 386 g/mol. The molecule has 0 saturated heterocycles. The molecule has 1 aromatic heterocycles. The van der Waals surface area contributed by atoms with Crippen LogP contribution in [-0.4, -0.2) is 11.0 Å². The number of benzene rings is 2. The fourth-order valence-corrected chi connectivity index (χ4v) is 2.43. The Kier molecular flexibility index (Phi) is 5.01. The number of aromatic nitrogens is 1. The van der Waals surface area contributed by atoms with Gasteiger partial charge in [0, 0.05) is 16.2 Å². The van der Waals surface area contributed by atoms with Crippen molar-refractivity contribution in [1.82, 2.24) is 4.98 Å². The van der Waals surface area contributed by atoms with Gasteiger partial charge in [0.15, 0.2) is 0 Å². The quantitative estimate of drug-likeness (QED) is 0.592. The highest BCUT2D eigenvalue weighted by Gasteiger charge is 2.13. The molecule has 120 valence electrons. The summed E-state index contributed by atoms with van der Waals surface area (Å²) in [6, 6.07) is 17.1. The molecule has 0 atom stereocenters. The Balaban J connectivity index is 1.74. The maximum atomic E-state index is 14.3. The maximum Gasteiger partial charge on any atom is 0.338 e. The van der Waals surface area contributed by atoms with Crippen LogP contribution in [0, 0.1) is 5.82 Å². The smallest absolute Gasteiger partial charge is 0.338 e. The molecular weight excluding hydrogens is 373 g/mol. The molecule has 0 bridgehead atoms. The normalized spacial score (nSPS) is 10.4. The topological polar surface area (TPSA) is 39.2 Å². The lowest BCUT2D eigenvalue weighted by molar-refractivity contribution is 0.0472. The number of carbonyl (C=O) groups is 1. The third kappa shape index (κ3) is 3.86. The second kappa shape index (κ2) is 7.36. The molecule has 0 fully saturated rings. The SMILES string of the molecule is O=C(OCc1ccccc1)c1ccc(-c2ccc(Br)cn2)c(F)c1. The fourth-order valence-electron chi connectivity index (χ4n) is 2.19. The first-order chi connectivity index (χ1) is 11.6. The van der Waals surface area contributed by atoms with Crippen molar-refractivity contribution in [3.05, 3.63) is 88.3 Å². The lowest BCUT2D eigenvalue weighted by atomic mass is 10.1. The van der Waals surface area contributed by atoms with E-state index in [4.69, 9.17) is 4.74 Å². The summed E-state index contributed by atoms with van der Waals surface area (Å²) in [7, 11) is 0. The van der Waals surface area contributed by atoms with Crippen molar-refractivity contribution < 1.29 is 13.9 Å². The van der Waals surface area contributed by atoms with E-state index in [1.165, 1.54) is 18.2 Å². The predicted molar refractivity (Wildman–Crippen MR) is 92.9 cm³/mol. The summed E-state index contributed by atoms with van der Waals surface area (Å²) < 4.78 is 20.3. The summed E-state index contributed by atoms with van der Waals surface area (Å²) >= 11 is 3.29. The van der Waals surface area contributed by atoms with Gasteiger partial charge in [-0.15, -0.1) is 0 Å². The van der Waals surface area contributed by atoms with Crippen molar-refractivity contribution in [1.29, 1.82) is 0 Å². The van der Waals surface area contributed by atoms with Crippen molar-refractivity contribution in [3.63, 3.8) is 0 Å². The van der Waals surface area contributed by atoms with Gasteiger partial charge in [-0.2, -0.15) is 0 Å². The zero-order chi connectivity index (χ0) is 16.9. The van der Waals surface area contributed by atoms with E-state index < -0.39 is 11.8 Å². The summed E-state index contributed by atoms with van der Waals surface area (Å²) in [6.45, 7) is 0.150. The number of pyridine rings is 1. The molecule has 3 rings (SSSR count). The Morgan fingerprint density at radius 3 is 2.54 bits per heavy atom. The number of carbonyl (C=O) groups excluding carboxylic acids is 1. The fraction of sp³-hybridized carbons (Fsp3) is 0.0526. The minimum Gasteiger partial charge on any atom is -0.457 e. The summed E-state index contributed by atoms with van der Waals surface area (Å²) in [5.41, 5.74) is 1.88. The zero-order valence-electron chi connectivity index (χ0n) is 12.6. The standard InChI is InChI=1S/C19H13BrFNO2/c20-15-7-9-18(22-11-15)16-8-6-14(10-17(16)21)19(23)24-12-13-4-2-1-3-5-13/h1-11H,12H2. The van der Waals surface area contributed by atoms with E-state index in [1.54, 1.807) is 18.3 Å². The van der Waals surface area contributed by atoms with Crippen LogP contribution in [-0.2, 0) is 11.3 Å². The Morgan fingerprint density at radius 1 is 1.08 bits per heavy atom. The Morgan fingerprint density at radius 2 is 1.88 bits per heavy atom. The molecule has 3 nitrogen and oxygen atoms in total. The third-order valence-electron chi connectivity index (χ3n) is 3.42. The van der Waals surface area contributed by atoms with Gasteiger partial charge in [0.1, 0.15) is 12.4 Å². The Hall–Kier alpha value is -2.53. The van der Waals surface area contributed by atoms with E-state index in [-0.39, 0.29) is 12.2 Å². The van der Waals surface area contributed by atoms with Crippen molar-refractivity contribution in [2.24, 2.45) is 0 Å². The van der Waals surface area contributed by atoms with Gasteiger partial charge < -0.3 is 4.74 Å². The molecule has 0 aliphatic rings. The van der Waals surface area contributed by atoms with Gasteiger partial charge in [0.2, 0.25) is 0 Å². The van der Waals surface area contributed by atoms with Crippen molar-refractivity contribution >= 4 is 21.9 Å². The van der Waals surface area contributed by atoms with Gasteiger partial charge in [-0.05, 0) is 51.8 Å². The van der Waals surface area contributed by atoms with Gasteiger partial charge in [-0.25, -0.2) is 9.18 Å². The first-order valence-electron chi connectivity index (χ1n) is 7.26. The van der Waals surface area contributed by atoms with Crippen LogP contribution in [0.2, 0.25) is 0 Å². The number of esters is 1. The molecule has 2 aromatic carbocycles. The highest BCUT2D eigenvalue weighted by atomic mass is 79.9. The predicted octanol–water partition coefficient (Wildman–Crippen LogP) is 5.01. The van der Waals surface area contributed by atoms with Crippen molar-refractivity contribution in [3.8, 4) is 11.3 Å². The third-order valence-corrected chi connectivity index (χ3v) is 3.89. The van der Waals surface area contributed by atoms with E-state index in [9.17, 15) is 9.18 Å². The number of nitrogens with zero attached hydrogens (tertiary/aromatic N) is 1. The van der Waals surface area contributed by atoms with Crippen LogP contribution in [0.1, 0.15) is 15.9 Å². The van der Waals surface area contributed by atoms with Crippen LogP contribution in [0.4, 0.5) is 4.39 Å². The van der Waals surface area contributed by atoms with Crippen LogP contribution >= 0.6 is 15.9 Å². The molecule has 5 heteroatoms. The van der Waals surface area contributed by atoms with E-state index in [0.717, 1.165) is 10.0 Å². The van der Waals surface area contributed by atoms with E-state index in [0.29, 0.717) is 11.3 Å². The van der Waals surface area contributed by atoms with Gasteiger partial charge in [-0.3, -0.25) is 4.98 Å². The van der Waals surface area contributed by atoms with Crippen LogP contribution in [0.15, 0.2) is 71.3 Å². The monoisotopic (exact) mass is 385 g/mol. The van der Waals surface area contributed by atoms with Gasteiger partial charge in [0.05, 0.1) is 11.3 Å². The number of hydrogen-bond acceptors (Lipinski definition) is 3. The number of ether oxygens (including phenoxy) is 1. The average Bonchev–Trinajstić information content (AvgIpc) is 2.61. The first kappa shape index (κ1) is 16.3. The van der Waals surface area contributed by atoms with E-state index in [2.05, 4.69) is 20.9 Å². The molecule has 0 saturated carbocycles. The lowest BCUT2D eigenvalue weighted by Gasteiger charge is -2.07. The summed E-state index contributed by atoms with van der Waals surface area (Å²) in [6.07, 6.45) is 1.59. The molecule has 0 N–H and O–H groups in total. The van der Waals surface area contributed by atoms with Crippen LogP contribution < -0.4 is 0 Å². The second-order valence-corrected chi connectivity index (χ2v) is 6.03. The lowest BCUT2D eigenvalue weighted by Crippen LogP contribution is -2.06. The highest BCUT2D eigenvalue weighted by Crippen LogP contribution is 2.23. The Labute approximate surface area is 147 Å². The molecule has 0 aliphatic heterocycles. The Bertz CT molecular complexity index is 851. The van der Waals surface area contributed by atoms with Crippen LogP contribution in [0.25, 0.3) is 11.3 Å². The molecular formula is C19H13BrFNO2. The molecule has 0 radical (unpaired) electrons. The van der Waals surface area contributed by atoms with Gasteiger partial charge in [0.25, 0.3) is 0 Å². The number of hydrogen-bond donors (Lipinski definition) is 0. The summed E-state index contributed by atoms with van der Waals surface area (Å²) in [5.74, 6) is -1.08. The van der Waals surface area contributed by atoms with Crippen LogP contribution in [0.5, 0.6) is 0 Å². The van der Waals surface area contributed by atoms with Gasteiger partial charge in [-0.1, -0.05) is 30.3 Å². The summed E-state index contributed by atoms with van der Waals surface area (Å²) in [5, 5.41) is 0. The van der Waals surface area contributed by atoms with Gasteiger partial charge >= 0.3 is 5.97 Å². The first-order valence-corrected chi connectivity index (χ1v) is 8.05. The summed E-state index contributed by atoms with van der Waals surface area (Å²) in [4.78, 5) is 16.2. The number of halogens is 2. The molecule has 3 aromatic rings. The minimum atomic E-state index is -0.562. The van der Waals surface area contributed by atoms with E-state index in [1.807, 2.05) is 30.3 Å².